The van der Waals surface area contributed by atoms with Gasteiger partial charge in [-0.05, 0) is 42.7 Å². The zero-order valence-corrected chi connectivity index (χ0v) is 16.3. The average Bonchev–Trinajstić information content (AvgIpc) is 2.71. The number of fused-ring (bicyclic) bond motifs is 1. The number of phenolic OH excluding ortho intramolecular Hbond substituents is 2. The number of methoxy groups -OCH3 is 1. The van der Waals surface area contributed by atoms with Gasteiger partial charge < -0.3 is 19.4 Å². The van der Waals surface area contributed by atoms with Crippen LogP contribution in [0, 0.1) is 0 Å². The van der Waals surface area contributed by atoms with Crippen molar-refractivity contribution >= 4 is 16.9 Å². The molecular formula is C23H24O6. The summed E-state index contributed by atoms with van der Waals surface area (Å²) in [6, 6.07) is 10.9. The fraction of sp³-hybridized carbons (Fsp3) is 0.304. The van der Waals surface area contributed by atoms with Crippen LogP contribution in [0.4, 0.5) is 0 Å². The van der Waals surface area contributed by atoms with E-state index >= 15 is 0 Å². The Kier molecular flexibility index (Phi) is 6.54. The lowest BCUT2D eigenvalue weighted by molar-refractivity contribution is -0.140. The third-order valence-electron chi connectivity index (χ3n) is 4.87. The Bertz CT molecular complexity index is 1050. The number of carbonyl (C=O) groups excluding carboxylic acids is 1. The molecule has 1 heterocycles. The molecule has 1 aromatic heterocycles. The number of carbonyl (C=O) groups is 1. The van der Waals surface area contributed by atoms with Crippen LogP contribution in [0.15, 0.2) is 51.7 Å². The Morgan fingerprint density at radius 3 is 2.38 bits per heavy atom. The first-order chi connectivity index (χ1) is 14.0. The van der Waals surface area contributed by atoms with E-state index in [-0.39, 0.29) is 22.9 Å². The van der Waals surface area contributed by atoms with Gasteiger partial charge in [-0.2, -0.15) is 0 Å². The first kappa shape index (κ1) is 20.5. The lowest BCUT2D eigenvalue weighted by Gasteiger charge is -2.11. The van der Waals surface area contributed by atoms with Gasteiger partial charge in [0.1, 0.15) is 22.8 Å². The Morgan fingerprint density at radius 2 is 1.66 bits per heavy atom. The molecular weight excluding hydrogens is 372 g/mol. The number of rotatable bonds is 8. The predicted molar refractivity (Wildman–Crippen MR) is 110 cm³/mol. The van der Waals surface area contributed by atoms with Crippen LogP contribution in [-0.4, -0.2) is 23.3 Å². The summed E-state index contributed by atoms with van der Waals surface area (Å²) in [6.45, 7) is 0. The zero-order valence-electron chi connectivity index (χ0n) is 16.3. The van der Waals surface area contributed by atoms with E-state index in [4.69, 9.17) is 4.42 Å². The summed E-state index contributed by atoms with van der Waals surface area (Å²) in [5.74, 6) is 0.495. The number of ether oxygens (including phenoxy) is 1. The number of aryl methyl sites for hydroxylation is 1. The maximum absolute atomic E-state index is 13.1. The van der Waals surface area contributed by atoms with E-state index in [1.165, 1.54) is 31.4 Å². The summed E-state index contributed by atoms with van der Waals surface area (Å²) in [5.41, 5.74) is 1.32. The van der Waals surface area contributed by atoms with Crippen molar-refractivity contribution in [3.8, 4) is 22.6 Å². The second-order valence-corrected chi connectivity index (χ2v) is 6.95. The van der Waals surface area contributed by atoms with Gasteiger partial charge in [0.15, 0.2) is 0 Å². The molecule has 0 spiro atoms. The van der Waals surface area contributed by atoms with Crippen LogP contribution in [0.5, 0.6) is 11.5 Å². The van der Waals surface area contributed by atoms with Crippen molar-refractivity contribution in [1.82, 2.24) is 0 Å². The van der Waals surface area contributed by atoms with Crippen molar-refractivity contribution in [2.75, 3.05) is 7.11 Å². The zero-order chi connectivity index (χ0) is 20.8. The SMILES string of the molecule is COC(=O)CCCCCCc1oc2cc(O)ccc2c(=O)c1-c1ccc(O)cc1. The van der Waals surface area contributed by atoms with Gasteiger partial charge in [0.05, 0.1) is 18.1 Å². The van der Waals surface area contributed by atoms with Gasteiger partial charge in [0.25, 0.3) is 0 Å². The summed E-state index contributed by atoms with van der Waals surface area (Å²) < 4.78 is 10.6. The van der Waals surface area contributed by atoms with Gasteiger partial charge >= 0.3 is 5.97 Å². The van der Waals surface area contributed by atoms with E-state index in [0.717, 1.165) is 25.7 Å². The molecule has 0 fully saturated rings. The van der Waals surface area contributed by atoms with Crippen LogP contribution in [0.2, 0.25) is 0 Å². The number of benzene rings is 2. The average molecular weight is 396 g/mol. The van der Waals surface area contributed by atoms with Crippen LogP contribution in [0.3, 0.4) is 0 Å². The molecule has 0 saturated heterocycles. The molecule has 0 aliphatic heterocycles. The molecule has 0 amide bonds. The largest absolute Gasteiger partial charge is 0.508 e. The van der Waals surface area contributed by atoms with Crippen molar-refractivity contribution in [1.29, 1.82) is 0 Å². The first-order valence-electron chi connectivity index (χ1n) is 9.64. The van der Waals surface area contributed by atoms with Gasteiger partial charge in [-0.15, -0.1) is 0 Å². The summed E-state index contributed by atoms with van der Waals surface area (Å²) in [5, 5.41) is 19.7. The minimum atomic E-state index is -0.208. The number of hydrogen-bond donors (Lipinski definition) is 2. The minimum Gasteiger partial charge on any atom is -0.508 e. The maximum Gasteiger partial charge on any atom is 0.305 e. The molecule has 6 heteroatoms. The van der Waals surface area contributed by atoms with E-state index in [2.05, 4.69) is 4.74 Å². The van der Waals surface area contributed by atoms with Crippen molar-refractivity contribution in [2.24, 2.45) is 0 Å². The third kappa shape index (κ3) is 4.96. The van der Waals surface area contributed by atoms with Gasteiger partial charge in [-0.3, -0.25) is 9.59 Å². The molecule has 0 atom stereocenters. The number of aromatic hydroxyl groups is 2. The predicted octanol–water partition coefficient (Wildman–Crippen LogP) is 4.54. The maximum atomic E-state index is 13.1. The molecule has 0 aliphatic rings. The third-order valence-corrected chi connectivity index (χ3v) is 4.87. The lowest BCUT2D eigenvalue weighted by atomic mass is 9.98. The van der Waals surface area contributed by atoms with Crippen LogP contribution < -0.4 is 5.43 Å². The number of phenols is 2. The monoisotopic (exact) mass is 396 g/mol. The number of esters is 1. The quantitative estimate of drug-likeness (QED) is 0.429. The fourth-order valence-corrected chi connectivity index (χ4v) is 3.33. The van der Waals surface area contributed by atoms with Crippen molar-refractivity contribution in [3.05, 3.63) is 58.4 Å². The van der Waals surface area contributed by atoms with Gasteiger partial charge in [0, 0.05) is 18.9 Å². The second kappa shape index (κ2) is 9.28. The lowest BCUT2D eigenvalue weighted by Crippen LogP contribution is -2.09. The first-order valence-corrected chi connectivity index (χ1v) is 9.64. The molecule has 152 valence electrons. The van der Waals surface area contributed by atoms with E-state index in [0.29, 0.717) is 40.7 Å². The topological polar surface area (TPSA) is 97.0 Å². The Labute approximate surface area is 168 Å². The fourth-order valence-electron chi connectivity index (χ4n) is 3.33. The highest BCUT2D eigenvalue weighted by Crippen LogP contribution is 2.28. The minimum absolute atomic E-state index is 0.0341. The van der Waals surface area contributed by atoms with E-state index in [9.17, 15) is 19.8 Å². The molecule has 0 bridgehead atoms. The van der Waals surface area contributed by atoms with Gasteiger partial charge in [0.2, 0.25) is 5.43 Å². The number of unbranched alkanes of at least 4 members (excludes halogenated alkanes) is 3. The molecule has 0 saturated carbocycles. The highest BCUT2D eigenvalue weighted by molar-refractivity contribution is 5.83. The molecule has 0 aliphatic carbocycles. The van der Waals surface area contributed by atoms with Crippen LogP contribution >= 0.6 is 0 Å². The second-order valence-electron chi connectivity index (χ2n) is 6.95. The summed E-state index contributed by atoms with van der Waals surface area (Å²) in [4.78, 5) is 24.3. The molecule has 6 nitrogen and oxygen atoms in total. The smallest absolute Gasteiger partial charge is 0.305 e. The molecule has 3 rings (SSSR count). The summed E-state index contributed by atoms with van der Waals surface area (Å²) in [7, 11) is 1.38. The highest BCUT2D eigenvalue weighted by atomic mass is 16.5. The molecule has 2 aromatic carbocycles. The Balaban J connectivity index is 1.86. The molecule has 3 aromatic rings. The normalized spacial score (nSPS) is 10.9. The van der Waals surface area contributed by atoms with Crippen molar-refractivity contribution in [2.45, 2.75) is 38.5 Å². The van der Waals surface area contributed by atoms with E-state index in [1.54, 1.807) is 18.2 Å². The van der Waals surface area contributed by atoms with Gasteiger partial charge in [-0.1, -0.05) is 25.0 Å². The standard InChI is InChI=1S/C23H24O6/c1-28-21(26)7-5-3-2-4-6-19-22(15-8-10-16(24)11-9-15)23(27)18-13-12-17(25)14-20(18)29-19/h8-14,24-25H,2-7H2,1H3. The van der Waals surface area contributed by atoms with Crippen LogP contribution in [-0.2, 0) is 16.0 Å². The molecule has 0 radical (unpaired) electrons. The molecule has 29 heavy (non-hydrogen) atoms. The summed E-state index contributed by atoms with van der Waals surface area (Å²) >= 11 is 0. The van der Waals surface area contributed by atoms with E-state index < -0.39 is 0 Å². The summed E-state index contributed by atoms with van der Waals surface area (Å²) in [6.07, 6.45) is 4.26. The van der Waals surface area contributed by atoms with Crippen LogP contribution in [0.1, 0.15) is 37.9 Å². The van der Waals surface area contributed by atoms with Crippen molar-refractivity contribution < 1.29 is 24.2 Å². The molecule has 2 N–H and O–H groups in total. The highest BCUT2D eigenvalue weighted by Gasteiger charge is 2.16. The molecule has 0 unspecified atom stereocenters. The van der Waals surface area contributed by atoms with Crippen LogP contribution in [0.25, 0.3) is 22.1 Å². The van der Waals surface area contributed by atoms with Crippen molar-refractivity contribution in [3.63, 3.8) is 0 Å². The number of hydrogen-bond acceptors (Lipinski definition) is 6. The Hall–Kier alpha value is -3.28. The van der Waals surface area contributed by atoms with E-state index in [1.807, 2.05) is 0 Å². The van der Waals surface area contributed by atoms with Gasteiger partial charge in [-0.25, -0.2) is 0 Å². The Morgan fingerprint density at radius 1 is 0.966 bits per heavy atom.